The van der Waals surface area contributed by atoms with Crippen LogP contribution in [0.1, 0.15) is 42.3 Å². The van der Waals surface area contributed by atoms with Crippen LogP contribution in [0.4, 0.5) is 0 Å². The molecule has 0 aliphatic heterocycles. The summed E-state index contributed by atoms with van der Waals surface area (Å²) in [6, 6.07) is 10.4. The molecular weight excluding hydrogens is 286 g/mol. The summed E-state index contributed by atoms with van der Waals surface area (Å²) in [6.45, 7) is 9.01. The summed E-state index contributed by atoms with van der Waals surface area (Å²) in [5.41, 5.74) is 4.30. The Labute approximate surface area is 138 Å². The lowest BCUT2D eigenvalue weighted by atomic mass is 9.88. The predicted molar refractivity (Wildman–Crippen MR) is 93.4 cm³/mol. The van der Waals surface area contributed by atoms with E-state index < -0.39 is 0 Å². The maximum absolute atomic E-state index is 12.3. The molecule has 1 heterocycles. The van der Waals surface area contributed by atoms with Crippen molar-refractivity contribution in [1.82, 2.24) is 15.1 Å². The molecule has 4 heteroatoms. The summed E-state index contributed by atoms with van der Waals surface area (Å²) in [7, 11) is 1.91. The maximum atomic E-state index is 12.3. The lowest BCUT2D eigenvalue weighted by Gasteiger charge is -2.22. The van der Waals surface area contributed by atoms with Gasteiger partial charge >= 0.3 is 0 Å². The number of aryl methyl sites for hydroxylation is 2. The average molecular weight is 313 g/mol. The summed E-state index contributed by atoms with van der Waals surface area (Å²) >= 11 is 0. The van der Waals surface area contributed by atoms with Crippen LogP contribution < -0.4 is 5.32 Å². The van der Waals surface area contributed by atoms with Gasteiger partial charge in [0.15, 0.2) is 0 Å². The van der Waals surface area contributed by atoms with Crippen molar-refractivity contribution < 1.29 is 4.79 Å². The fraction of sp³-hybridized carbons (Fsp3) is 0.474. The highest BCUT2D eigenvalue weighted by Gasteiger charge is 2.18. The molecular formula is C19H27N3O. The molecule has 0 radical (unpaired) electrons. The van der Waals surface area contributed by atoms with Crippen LogP contribution in [0.25, 0.3) is 0 Å². The molecule has 1 atom stereocenters. The summed E-state index contributed by atoms with van der Waals surface area (Å²) in [4.78, 5) is 12.3. The summed E-state index contributed by atoms with van der Waals surface area (Å²) in [6.07, 6.45) is 0.394. The molecule has 0 bridgehead atoms. The molecule has 2 aromatic rings. The molecule has 1 N–H and O–H groups in total. The molecule has 1 amide bonds. The van der Waals surface area contributed by atoms with Gasteiger partial charge < -0.3 is 5.32 Å². The molecule has 23 heavy (non-hydrogen) atoms. The first-order valence-corrected chi connectivity index (χ1v) is 8.20. The number of hydrogen-bond acceptors (Lipinski definition) is 2. The fourth-order valence-corrected chi connectivity index (χ4v) is 2.96. The minimum Gasteiger partial charge on any atom is -0.355 e. The normalized spacial score (nSPS) is 12.4. The topological polar surface area (TPSA) is 46.9 Å². The van der Waals surface area contributed by atoms with Gasteiger partial charge in [-0.05, 0) is 25.3 Å². The molecule has 0 saturated heterocycles. The van der Waals surface area contributed by atoms with E-state index in [1.165, 1.54) is 5.56 Å². The van der Waals surface area contributed by atoms with E-state index in [9.17, 15) is 4.79 Å². The highest BCUT2D eigenvalue weighted by Crippen LogP contribution is 2.23. The Morgan fingerprint density at radius 3 is 2.39 bits per heavy atom. The number of amides is 1. The SMILES string of the molecule is Cc1nn(C)c(C)c1CC(=O)NC[C@@H](c1ccccc1)C(C)C. The van der Waals surface area contributed by atoms with Crippen LogP contribution in [0.3, 0.4) is 0 Å². The zero-order valence-corrected chi connectivity index (χ0v) is 14.8. The molecule has 0 aliphatic rings. The van der Waals surface area contributed by atoms with Crippen LogP contribution in [0.5, 0.6) is 0 Å². The number of hydrogen-bond donors (Lipinski definition) is 1. The largest absolute Gasteiger partial charge is 0.355 e. The Morgan fingerprint density at radius 2 is 1.87 bits per heavy atom. The van der Waals surface area contributed by atoms with Gasteiger partial charge in [0, 0.05) is 30.8 Å². The molecule has 1 aromatic heterocycles. The summed E-state index contributed by atoms with van der Waals surface area (Å²) < 4.78 is 1.83. The van der Waals surface area contributed by atoms with Gasteiger partial charge in [-0.2, -0.15) is 5.10 Å². The van der Waals surface area contributed by atoms with Crippen LogP contribution in [-0.2, 0) is 18.3 Å². The maximum Gasteiger partial charge on any atom is 0.224 e. The molecule has 1 aromatic carbocycles. The van der Waals surface area contributed by atoms with Crippen LogP contribution in [0.15, 0.2) is 30.3 Å². The third kappa shape index (κ3) is 4.21. The first-order chi connectivity index (χ1) is 10.9. The molecule has 2 rings (SSSR count). The summed E-state index contributed by atoms with van der Waals surface area (Å²) in [5, 5.41) is 7.47. The minimum absolute atomic E-state index is 0.0609. The van der Waals surface area contributed by atoms with E-state index in [0.29, 0.717) is 24.8 Å². The van der Waals surface area contributed by atoms with E-state index in [4.69, 9.17) is 0 Å². The van der Waals surface area contributed by atoms with Crippen molar-refractivity contribution >= 4 is 5.91 Å². The second-order valence-corrected chi connectivity index (χ2v) is 6.52. The van der Waals surface area contributed by atoms with E-state index in [0.717, 1.165) is 17.0 Å². The molecule has 124 valence electrons. The van der Waals surface area contributed by atoms with Crippen molar-refractivity contribution in [3.63, 3.8) is 0 Å². The fourth-order valence-electron chi connectivity index (χ4n) is 2.96. The van der Waals surface area contributed by atoms with Crippen LogP contribution in [0, 0.1) is 19.8 Å². The van der Waals surface area contributed by atoms with Gasteiger partial charge in [0.2, 0.25) is 5.91 Å². The first kappa shape index (κ1) is 17.3. The average Bonchev–Trinajstić information content (AvgIpc) is 2.74. The number of carbonyl (C=O) groups excluding carboxylic acids is 1. The Kier molecular flexibility index (Phi) is 5.59. The standard InChI is InChI=1S/C19H27N3O/c1-13(2)18(16-9-7-6-8-10-16)12-20-19(23)11-17-14(3)21-22(5)15(17)4/h6-10,13,18H,11-12H2,1-5H3,(H,20,23)/t18-/m1/s1. The number of nitrogens with one attached hydrogen (secondary N) is 1. The number of nitrogens with zero attached hydrogens (tertiary/aromatic N) is 2. The van der Waals surface area contributed by atoms with E-state index in [-0.39, 0.29) is 5.91 Å². The first-order valence-electron chi connectivity index (χ1n) is 8.20. The van der Waals surface area contributed by atoms with Crippen molar-refractivity contribution in [3.8, 4) is 0 Å². The Morgan fingerprint density at radius 1 is 1.22 bits per heavy atom. The van der Waals surface area contributed by atoms with Crippen molar-refractivity contribution in [3.05, 3.63) is 52.8 Å². The van der Waals surface area contributed by atoms with Crippen molar-refractivity contribution in [2.45, 2.75) is 40.0 Å². The van der Waals surface area contributed by atoms with Gasteiger partial charge in [0.25, 0.3) is 0 Å². The quantitative estimate of drug-likeness (QED) is 0.890. The number of aromatic nitrogens is 2. The molecule has 4 nitrogen and oxygen atoms in total. The highest BCUT2D eigenvalue weighted by atomic mass is 16.1. The van der Waals surface area contributed by atoms with Crippen LogP contribution >= 0.6 is 0 Å². The van der Waals surface area contributed by atoms with E-state index in [2.05, 4.69) is 48.5 Å². The van der Waals surface area contributed by atoms with Crippen molar-refractivity contribution in [1.29, 1.82) is 0 Å². The van der Waals surface area contributed by atoms with Crippen molar-refractivity contribution in [2.75, 3.05) is 6.54 Å². The summed E-state index contributed by atoms with van der Waals surface area (Å²) in [5.74, 6) is 0.863. The van der Waals surface area contributed by atoms with Gasteiger partial charge in [0.05, 0.1) is 12.1 Å². The van der Waals surface area contributed by atoms with E-state index >= 15 is 0 Å². The second-order valence-electron chi connectivity index (χ2n) is 6.52. The Bertz CT molecular complexity index is 659. The van der Waals surface area contributed by atoms with Gasteiger partial charge in [0.1, 0.15) is 0 Å². The minimum atomic E-state index is 0.0609. The van der Waals surface area contributed by atoms with Crippen molar-refractivity contribution in [2.24, 2.45) is 13.0 Å². The monoisotopic (exact) mass is 313 g/mol. The third-order valence-corrected chi connectivity index (χ3v) is 4.55. The van der Waals surface area contributed by atoms with Gasteiger partial charge in [-0.3, -0.25) is 9.48 Å². The second kappa shape index (κ2) is 7.44. The van der Waals surface area contributed by atoms with E-state index in [1.807, 2.05) is 31.6 Å². The number of benzene rings is 1. The Balaban J connectivity index is 2.00. The predicted octanol–water partition coefficient (Wildman–Crippen LogP) is 3.14. The molecule has 0 spiro atoms. The van der Waals surface area contributed by atoms with Gasteiger partial charge in [-0.25, -0.2) is 0 Å². The molecule has 0 saturated carbocycles. The molecule has 0 unspecified atom stereocenters. The highest BCUT2D eigenvalue weighted by molar-refractivity contribution is 5.79. The smallest absolute Gasteiger partial charge is 0.224 e. The number of rotatable bonds is 6. The van der Waals surface area contributed by atoms with Gasteiger partial charge in [-0.1, -0.05) is 44.2 Å². The molecule has 0 fully saturated rings. The Hall–Kier alpha value is -2.10. The van der Waals surface area contributed by atoms with Crippen LogP contribution in [-0.4, -0.2) is 22.2 Å². The molecule has 0 aliphatic carbocycles. The third-order valence-electron chi connectivity index (χ3n) is 4.55. The van der Waals surface area contributed by atoms with Crippen LogP contribution in [0.2, 0.25) is 0 Å². The lowest BCUT2D eigenvalue weighted by Crippen LogP contribution is -2.31. The number of carbonyl (C=O) groups is 1. The zero-order valence-electron chi connectivity index (χ0n) is 14.8. The van der Waals surface area contributed by atoms with Gasteiger partial charge in [-0.15, -0.1) is 0 Å². The zero-order chi connectivity index (χ0) is 17.0. The lowest BCUT2D eigenvalue weighted by molar-refractivity contribution is -0.120. The van der Waals surface area contributed by atoms with E-state index in [1.54, 1.807) is 0 Å².